The summed E-state index contributed by atoms with van der Waals surface area (Å²) in [5.41, 5.74) is 0. The predicted molar refractivity (Wildman–Crippen MR) is 68.7 cm³/mol. The molecule has 6 nitrogen and oxygen atoms in total. The van der Waals surface area contributed by atoms with Crippen LogP contribution in [0.1, 0.15) is 20.8 Å². The van der Waals surface area contributed by atoms with Crippen molar-refractivity contribution in [3.05, 3.63) is 10.2 Å². The van der Waals surface area contributed by atoms with Gasteiger partial charge in [-0.2, -0.15) is 0 Å². The first-order chi connectivity index (χ1) is 8.74. The fraction of sp³-hybridized carbons (Fsp3) is 0.818. The van der Waals surface area contributed by atoms with Crippen LogP contribution >= 0.6 is 0 Å². The van der Waals surface area contributed by atoms with Crippen LogP contribution in [0.25, 0.3) is 0 Å². The van der Waals surface area contributed by atoms with E-state index in [1.165, 1.54) is 0 Å². The van der Waals surface area contributed by atoms with Gasteiger partial charge in [-0.3, -0.25) is 0 Å². The van der Waals surface area contributed by atoms with Crippen LogP contribution in [0.5, 0.6) is 0 Å². The van der Waals surface area contributed by atoms with E-state index in [9.17, 15) is 0 Å². The van der Waals surface area contributed by atoms with E-state index in [0.29, 0.717) is 19.8 Å². The van der Waals surface area contributed by atoms with Gasteiger partial charge >= 0.3 is 116 Å². The molecule has 0 aromatic carbocycles. The van der Waals surface area contributed by atoms with Crippen molar-refractivity contribution in [2.45, 2.75) is 20.8 Å². The maximum atomic E-state index is 5.59. The fourth-order valence-corrected chi connectivity index (χ4v) is 6.16. The SMILES string of the molecule is C=[CH][Pb]([O]COCC)([O]COCC)[O]COCC. The number of rotatable bonds is 13. The summed E-state index contributed by atoms with van der Waals surface area (Å²) in [4.78, 5) is 0. The molecule has 0 aliphatic heterocycles. The molecule has 0 heterocycles. The van der Waals surface area contributed by atoms with Gasteiger partial charge in [0.15, 0.2) is 0 Å². The number of hydrogen-bond acceptors (Lipinski definition) is 6. The second kappa shape index (κ2) is 12.5. The molecule has 0 N–H and O–H groups in total. The van der Waals surface area contributed by atoms with Crippen molar-refractivity contribution < 1.29 is 22.3 Å². The zero-order valence-electron chi connectivity index (χ0n) is 11.5. The minimum atomic E-state index is -3.94. The Kier molecular flexibility index (Phi) is 12.7. The van der Waals surface area contributed by atoms with Crippen LogP contribution in [0.15, 0.2) is 10.2 Å². The van der Waals surface area contributed by atoms with E-state index in [1.54, 1.807) is 3.64 Å². The second-order valence-corrected chi connectivity index (χ2v) is 12.7. The second-order valence-electron chi connectivity index (χ2n) is 3.07. The van der Waals surface area contributed by atoms with Gasteiger partial charge in [-0.1, -0.05) is 0 Å². The minimum absolute atomic E-state index is 0.127. The van der Waals surface area contributed by atoms with E-state index in [4.69, 9.17) is 22.3 Å². The van der Waals surface area contributed by atoms with Gasteiger partial charge in [-0.05, 0) is 0 Å². The predicted octanol–water partition coefficient (Wildman–Crippen LogP) is 1.68. The molecule has 0 aliphatic rings. The topological polar surface area (TPSA) is 55.4 Å². The molecule has 0 bridgehead atoms. The van der Waals surface area contributed by atoms with Gasteiger partial charge < -0.3 is 0 Å². The molecule has 0 aromatic rings. The Morgan fingerprint density at radius 2 is 1.11 bits per heavy atom. The van der Waals surface area contributed by atoms with Crippen LogP contribution in [0.3, 0.4) is 0 Å². The van der Waals surface area contributed by atoms with Crippen molar-refractivity contribution >= 4 is 22.5 Å². The normalized spacial score (nSPS) is 11.7. The molecular weight excluding hydrogens is 435 g/mol. The summed E-state index contributed by atoms with van der Waals surface area (Å²) in [6, 6.07) is 0. The van der Waals surface area contributed by atoms with Crippen molar-refractivity contribution in [3.63, 3.8) is 0 Å². The molecule has 7 heteroatoms. The fourth-order valence-electron chi connectivity index (χ4n) is 0.923. The van der Waals surface area contributed by atoms with Crippen LogP contribution in [-0.4, -0.2) is 62.7 Å². The van der Waals surface area contributed by atoms with Crippen LogP contribution in [0, 0.1) is 0 Å². The molecular formula is C11H24O6Pb. The van der Waals surface area contributed by atoms with E-state index < -0.39 is 22.5 Å². The van der Waals surface area contributed by atoms with Crippen molar-refractivity contribution in [2.75, 3.05) is 40.2 Å². The molecule has 0 unspecified atom stereocenters. The average molecular weight is 460 g/mol. The van der Waals surface area contributed by atoms with Gasteiger partial charge in [0.25, 0.3) is 0 Å². The van der Waals surface area contributed by atoms with Crippen molar-refractivity contribution in [3.8, 4) is 0 Å². The van der Waals surface area contributed by atoms with Gasteiger partial charge in [-0.15, -0.1) is 0 Å². The summed E-state index contributed by atoms with van der Waals surface area (Å²) >= 11 is -3.94. The summed E-state index contributed by atoms with van der Waals surface area (Å²) in [6.07, 6.45) is 0. The van der Waals surface area contributed by atoms with Gasteiger partial charge in [0.05, 0.1) is 0 Å². The molecule has 0 rings (SSSR count). The molecule has 0 saturated heterocycles. The Morgan fingerprint density at radius 3 is 1.33 bits per heavy atom. The molecule has 0 aromatic heterocycles. The summed E-state index contributed by atoms with van der Waals surface area (Å²) in [6.45, 7) is 11.5. The first-order valence-corrected chi connectivity index (χ1v) is 13.0. The maximum absolute atomic E-state index is 5.59. The van der Waals surface area contributed by atoms with Crippen molar-refractivity contribution in [2.24, 2.45) is 0 Å². The summed E-state index contributed by atoms with van der Waals surface area (Å²) in [5, 5.41) is 0. The average Bonchev–Trinajstić information content (AvgIpc) is 2.39. The summed E-state index contributed by atoms with van der Waals surface area (Å²) < 4.78 is 33.8. The van der Waals surface area contributed by atoms with Gasteiger partial charge in [-0.25, -0.2) is 0 Å². The van der Waals surface area contributed by atoms with Gasteiger partial charge in [0.2, 0.25) is 0 Å². The molecule has 0 aliphatic carbocycles. The molecule has 0 amide bonds. The summed E-state index contributed by atoms with van der Waals surface area (Å²) in [5.74, 6) is 0. The molecule has 0 atom stereocenters. The Bertz CT molecular complexity index is 175. The van der Waals surface area contributed by atoms with E-state index in [1.807, 2.05) is 20.8 Å². The number of ether oxygens (including phenoxy) is 3. The Labute approximate surface area is 116 Å². The van der Waals surface area contributed by atoms with Crippen LogP contribution in [0.4, 0.5) is 0 Å². The number of hydrogen-bond donors (Lipinski definition) is 0. The third-order valence-electron chi connectivity index (χ3n) is 1.89. The molecule has 0 saturated carbocycles. The van der Waals surface area contributed by atoms with Crippen LogP contribution < -0.4 is 0 Å². The Morgan fingerprint density at radius 1 is 0.778 bits per heavy atom. The third-order valence-corrected chi connectivity index (χ3v) is 9.90. The van der Waals surface area contributed by atoms with E-state index in [2.05, 4.69) is 6.58 Å². The van der Waals surface area contributed by atoms with Crippen LogP contribution in [-0.2, 0) is 22.3 Å². The third kappa shape index (κ3) is 8.51. The van der Waals surface area contributed by atoms with E-state index >= 15 is 0 Å². The Balaban J connectivity index is 4.25. The van der Waals surface area contributed by atoms with Crippen molar-refractivity contribution in [1.29, 1.82) is 0 Å². The van der Waals surface area contributed by atoms with E-state index in [0.717, 1.165) is 0 Å². The van der Waals surface area contributed by atoms with Gasteiger partial charge in [0, 0.05) is 0 Å². The zero-order chi connectivity index (χ0) is 13.7. The zero-order valence-corrected chi connectivity index (χ0v) is 15.4. The van der Waals surface area contributed by atoms with Crippen LogP contribution in [0.2, 0.25) is 0 Å². The van der Waals surface area contributed by atoms with Gasteiger partial charge in [0.1, 0.15) is 0 Å². The standard InChI is InChI=1S/3C3H7O2.C2H3.Pb/c3*1-2-5-3-4;1-2;/h3*2-3H2,1H3;1H,2H2;/q3*-1;;+3. The molecule has 18 heavy (non-hydrogen) atoms. The quantitative estimate of drug-likeness (QED) is 0.237. The molecule has 0 fully saturated rings. The Hall–Kier alpha value is 0.422. The monoisotopic (exact) mass is 460 g/mol. The van der Waals surface area contributed by atoms with Crippen molar-refractivity contribution in [1.82, 2.24) is 0 Å². The van der Waals surface area contributed by atoms with E-state index in [-0.39, 0.29) is 20.4 Å². The summed E-state index contributed by atoms with van der Waals surface area (Å²) in [7, 11) is 0. The molecule has 108 valence electrons. The first-order valence-electron chi connectivity index (χ1n) is 6.03. The first kappa shape index (κ1) is 18.4. The molecule has 0 spiro atoms. The molecule has 0 radical (unpaired) electrons.